The van der Waals surface area contributed by atoms with Crippen molar-refractivity contribution in [1.29, 1.82) is 0 Å². The van der Waals surface area contributed by atoms with Crippen molar-refractivity contribution in [3.8, 4) is 0 Å². The lowest BCUT2D eigenvalue weighted by Gasteiger charge is -2.28. The van der Waals surface area contributed by atoms with E-state index in [0.717, 1.165) is 31.7 Å². The highest BCUT2D eigenvalue weighted by molar-refractivity contribution is 5.31. The molecule has 1 aliphatic rings. The fraction of sp³-hybridized carbons (Fsp3) is 0.353. The Balaban J connectivity index is 1.82. The van der Waals surface area contributed by atoms with Crippen LogP contribution in [0.4, 0.5) is 0 Å². The van der Waals surface area contributed by atoms with Gasteiger partial charge in [0.15, 0.2) is 0 Å². The molecule has 1 atom stereocenters. The van der Waals surface area contributed by atoms with E-state index in [2.05, 4.69) is 58.6 Å². The van der Waals surface area contributed by atoms with Gasteiger partial charge in [-0.05, 0) is 43.3 Å². The van der Waals surface area contributed by atoms with Crippen molar-refractivity contribution >= 4 is 0 Å². The van der Waals surface area contributed by atoms with E-state index in [1.54, 1.807) is 0 Å². The van der Waals surface area contributed by atoms with Gasteiger partial charge in [0.1, 0.15) is 0 Å². The third-order valence-corrected chi connectivity index (χ3v) is 3.99. The van der Waals surface area contributed by atoms with Crippen LogP contribution in [0.25, 0.3) is 0 Å². The second-order valence-electron chi connectivity index (χ2n) is 5.42. The maximum absolute atomic E-state index is 4.44. The molecule has 1 aromatic carbocycles. The predicted octanol–water partition coefficient (Wildman–Crippen LogP) is 2.75. The summed E-state index contributed by atoms with van der Waals surface area (Å²) in [6, 6.07) is 15.3. The second kappa shape index (κ2) is 6.16. The van der Waals surface area contributed by atoms with Crippen molar-refractivity contribution in [2.24, 2.45) is 0 Å². The Morgan fingerprint density at radius 2 is 2.05 bits per heavy atom. The highest BCUT2D eigenvalue weighted by atomic mass is 15.1. The van der Waals surface area contributed by atoms with Crippen LogP contribution in [-0.2, 0) is 13.1 Å². The number of rotatable bonds is 3. The van der Waals surface area contributed by atoms with Crippen molar-refractivity contribution in [1.82, 2.24) is 15.2 Å². The van der Waals surface area contributed by atoms with Crippen molar-refractivity contribution in [3.05, 3.63) is 65.5 Å². The normalized spacial score (nSPS) is 18.6. The van der Waals surface area contributed by atoms with Crippen molar-refractivity contribution in [2.75, 3.05) is 13.6 Å². The first-order valence-corrected chi connectivity index (χ1v) is 7.23. The van der Waals surface area contributed by atoms with Crippen molar-refractivity contribution < 1.29 is 0 Å². The van der Waals surface area contributed by atoms with E-state index in [-0.39, 0.29) is 0 Å². The van der Waals surface area contributed by atoms with Gasteiger partial charge in [0.25, 0.3) is 0 Å². The SMILES string of the molecule is CN(Cc1ccccn1)C1CCNCc2ccccc21. The predicted molar refractivity (Wildman–Crippen MR) is 81.2 cm³/mol. The average Bonchev–Trinajstić information content (AvgIpc) is 2.70. The third-order valence-electron chi connectivity index (χ3n) is 3.99. The van der Waals surface area contributed by atoms with Gasteiger partial charge >= 0.3 is 0 Å². The summed E-state index contributed by atoms with van der Waals surface area (Å²) in [5.41, 5.74) is 4.00. The Bertz CT molecular complexity index is 553. The summed E-state index contributed by atoms with van der Waals surface area (Å²) in [5.74, 6) is 0. The zero-order valence-corrected chi connectivity index (χ0v) is 11.9. The molecule has 0 fully saturated rings. The average molecular weight is 267 g/mol. The number of aromatic nitrogens is 1. The fourth-order valence-electron chi connectivity index (χ4n) is 2.95. The maximum Gasteiger partial charge on any atom is 0.0544 e. The molecule has 0 bridgehead atoms. The maximum atomic E-state index is 4.44. The zero-order valence-electron chi connectivity index (χ0n) is 11.9. The van der Waals surface area contributed by atoms with Crippen molar-refractivity contribution in [2.45, 2.75) is 25.6 Å². The lowest BCUT2D eigenvalue weighted by Crippen LogP contribution is -2.26. The van der Waals surface area contributed by atoms with E-state index >= 15 is 0 Å². The molecule has 0 saturated heterocycles. The Morgan fingerprint density at radius 1 is 1.20 bits per heavy atom. The molecule has 0 aliphatic carbocycles. The molecule has 1 aromatic heterocycles. The van der Waals surface area contributed by atoms with Crippen LogP contribution < -0.4 is 5.32 Å². The third kappa shape index (κ3) is 2.89. The molecule has 3 heteroatoms. The molecule has 1 unspecified atom stereocenters. The number of pyridine rings is 1. The first-order valence-electron chi connectivity index (χ1n) is 7.23. The van der Waals surface area contributed by atoms with Crippen LogP contribution in [0.2, 0.25) is 0 Å². The minimum absolute atomic E-state index is 0.461. The van der Waals surface area contributed by atoms with Crippen LogP contribution in [0.3, 0.4) is 0 Å². The Kier molecular flexibility index (Phi) is 4.09. The molecule has 2 heterocycles. The minimum atomic E-state index is 0.461. The highest BCUT2D eigenvalue weighted by Crippen LogP contribution is 2.28. The Morgan fingerprint density at radius 3 is 2.90 bits per heavy atom. The number of benzene rings is 1. The summed E-state index contributed by atoms with van der Waals surface area (Å²) in [5, 5.41) is 3.51. The minimum Gasteiger partial charge on any atom is -0.313 e. The lowest BCUT2D eigenvalue weighted by atomic mass is 9.98. The van der Waals surface area contributed by atoms with Gasteiger partial charge in [-0.15, -0.1) is 0 Å². The molecule has 104 valence electrons. The van der Waals surface area contributed by atoms with E-state index in [0.29, 0.717) is 6.04 Å². The number of nitrogens with one attached hydrogen (secondary N) is 1. The molecule has 0 saturated carbocycles. The molecule has 0 radical (unpaired) electrons. The van der Waals surface area contributed by atoms with Crippen molar-refractivity contribution in [3.63, 3.8) is 0 Å². The number of hydrogen-bond acceptors (Lipinski definition) is 3. The summed E-state index contributed by atoms with van der Waals surface area (Å²) >= 11 is 0. The number of nitrogens with zero attached hydrogens (tertiary/aromatic N) is 2. The molecule has 1 N–H and O–H groups in total. The van der Waals surface area contributed by atoms with Gasteiger partial charge < -0.3 is 5.32 Å². The topological polar surface area (TPSA) is 28.2 Å². The lowest BCUT2D eigenvalue weighted by molar-refractivity contribution is 0.224. The first-order chi connectivity index (χ1) is 9.84. The quantitative estimate of drug-likeness (QED) is 0.927. The monoisotopic (exact) mass is 267 g/mol. The van der Waals surface area contributed by atoms with Gasteiger partial charge in [-0.25, -0.2) is 0 Å². The standard InChI is InChI=1S/C17H21N3/c1-20(13-15-7-4-5-10-19-15)17-9-11-18-12-14-6-2-3-8-16(14)17/h2-8,10,17-18H,9,11-13H2,1H3. The molecular weight excluding hydrogens is 246 g/mol. The van der Waals surface area contributed by atoms with Crippen LogP contribution in [0.5, 0.6) is 0 Å². The molecule has 0 spiro atoms. The van der Waals surface area contributed by atoms with Crippen LogP contribution in [0, 0.1) is 0 Å². The van der Waals surface area contributed by atoms with Gasteiger partial charge in [-0.3, -0.25) is 9.88 Å². The molecule has 1 aliphatic heterocycles. The van der Waals surface area contributed by atoms with Gasteiger partial charge in [0.2, 0.25) is 0 Å². The fourth-order valence-corrected chi connectivity index (χ4v) is 2.95. The zero-order chi connectivity index (χ0) is 13.8. The molecule has 2 aromatic rings. The Labute approximate surface area is 120 Å². The van der Waals surface area contributed by atoms with E-state index in [4.69, 9.17) is 0 Å². The van der Waals surface area contributed by atoms with Crippen LogP contribution in [-0.4, -0.2) is 23.5 Å². The van der Waals surface area contributed by atoms with E-state index in [1.807, 2.05) is 12.3 Å². The number of hydrogen-bond donors (Lipinski definition) is 1. The van der Waals surface area contributed by atoms with E-state index < -0.39 is 0 Å². The number of fused-ring (bicyclic) bond motifs is 1. The van der Waals surface area contributed by atoms with Gasteiger partial charge in [-0.1, -0.05) is 30.3 Å². The highest BCUT2D eigenvalue weighted by Gasteiger charge is 2.22. The van der Waals surface area contributed by atoms with Crippen LogP contribution >= 0.6 is 0 Å². The first kappa shape index (κ1) is 13.3. The molecular formula is C17H21N3. The molecule has 3 nitrogen and oxygen atoms in total. The van der Waals surface area contributed by atoms with Gasteiger partial charge in [-0.2, -0.15) is 0 Å². The van der Waals surface area contributed by atoms with E-state index in [1.165, 1.54) is 11.1 Å². The van der Waals surface area contributed by atoms with Crippen LogP contribution in [0.15, 0.2) is 48.7 Å². The van der Waals surface area contributed by atoms with Gasteiger partial charge in [0, 0.05) is 25.3 Å². The second-order valence-corrected chi connectivity index (χ2v) is 5.42. The summed E-state index contributed by atoms with van der Waals surface area (Å²) in [6.07, 6.45) is 3.01. The summed E-state index contributed by atoms with van der Waals surface area (Å²) in [4.78, 5) is 6.85. The Hall–Kier alpha value is -1.71. The summed E-state index contributed by atoms with van der Waals surface area (Å²) in [6.45, 7) is 2.93. The largest absolute Gasteiger partial charge is 0.313 e. The van der Waals surface area contributed by atoms with E-state index in [9.17, 15) is 0 Å². The molecule has 20 heavy (non-hydrogen) atoms. The van der Waals surface area contributed by atoms with Crippen LogP contribution in [0.1, 0.15) is 29.3 Å². The van der Waals surface area contributed by atoms with Gasteiger partial charge in [0.05, 0.1) is 5.69 Å². The smallest absolute Gasteiger partial charge is 0.0544 e. The summed E-state index contributed by atoms with van der Waals surface area (Å²) < 4.78 is 0. The summed E-state index contributed by atoms with van der Waals surface area (Å²) in [7, 11) is 2.20. The molecule has 3 rings (SSSR count). The molecule has 0 amide bonds.